The van der Waals surface area contributed by atoms with E-state index >= 15 is 0 Å². The van der Waals surface area contributed by atoms with E-state index in [9.17, 15) is 9.59 Å². The van der Waals surface area contributed by atoms with Crippen molar-refractivity contribution in [3.05, 3.63) is 23.1 Å². The van der Waals surface area contributed by atoms with Gasteiger partial charge in [-0.1, -0.05) is 19.4 Å². The lowest BCUT2D eigenvalue weighted by molar-refractivity contribution is -0.170. The summed E-state index contributed by atoms with van der Waals surface area (Å²) in [4.78, 5) is 25.5. The highest BCUT2D eigenvalue weighted by atomic mass is 16.6. The van der Waals surface area contributed by atoms with Crippen LogP contribution in [0.4, 0.5) is 0 Å². The fourth-order valence-corrected chi connectivity index (χ4v) is 1.88. The number of carboxylic acids is 1. The minimum Gasteiger partial charge on any atom is -0.480 e. The Morgan fingerprint density at radius 3 is 2.53 bits per heavy atom. The normalized spacial score (nSPS) is 18.8. The van der Waals surface area contributed by atoms with E-state index in [0.29, 0.717) is 12.8 Å². The fraction of sp³-hybridized carbons (Fsp3) is 0.600. The summed E-state index contributed by atoms with van der Waals surface area (Å²) in [6, 6.07) is 0. The lowest BCUT2D eigenvalue weighted by atomic mass is 9.86. The van der Waals surface area contributed by atoms with Gasteiger partial charge in [-0.2, -0.15) is 0 Å². The quantitative estimate of drug-likeness (QED) is 0.197. The lowest BCUT2D eigenvalue weighted by Gasteiger charge is -2.22. The third-order valence-corrected chi connectivity index (χ3v) is 2.85. The van der Waals surface area contributed by atoms with Gasteiger partial charge in [0.1, 0.15) is 0 Å². The molecule has 0 unspecified atom stereocenters. The highest BCUT2D eigenvalue weighted by molar-refractivity contribution is 5.99. The maximum atomic E-state index is 11.8. The van der Waals surface area contributed by atoms with Crippen molar-refractivity contribution >= 4 is 11.9 Å². The maximum Gasteiger partial charge on any atom is 0.324 e. The molecule has 1 aliphatic carbocycles. The van der Waals surface area contributed by atoms with Crippen LogP contribution in [0.1, 0.15) is 25.7 Å². The number of azide groups is 1. The van der Waals surface area contributed by atoms with Gasteiger partial charge in [-0.25, -0.2) is 0 Å². The number of nitrogens with zero attached hydrogens (tertiary/aromatic N) is 3. The molecule has 92 valence electrons. The van der Waals surface area contributed by atoms with Gasteiger partial charge in [0.25, 0.3) is 0 Å². The van der Waals surface area contributed by atoms with E-state index in [1.807, 2.05) is 0 Å². The van der Waals surface area contributed by atoms with E-state index in [4.69, 9.17) is 15.4 Å². The highest BCUT2D eigenvalue weighted by Crippen LogP contribution is 2.39. The Morgan fingerprint density at radius 1 is 1.53 bits per heavy atom. The molecule has 0 aliphatic heterocycles. The third-order valence-electron chi connectivity index (χ3n) is 2.85. The second-order valence-corrected chi connectivity index (χ2v) is 3.83. The van der Waals surface area contributed by atoms with Crippen molar-refractivity contribution in [3.8, 4) is 0 Å². The van der Waals surface area contributed by atoms with Crippen LogP contribution < -0.4 is 0 Å². The molecular formula is C10H13N3O4. The van der Waals surface area contributed by atoms with Crippen molar-refractivity contribution in [2.75, 3.05) is 0 Å². The summed E-state index contributed by atoms with van der Waals surface area (Å²) in [7, 11) is 0. The number of esters is 1. The Kier molecular flexibility index (Phi) is 4.12. The smallest absolute Gasteiger partial charge is 0.324 e. The number of carboxylic acid groups (broad SMARTS) is 1. The van der Waals surface area contributed by atoms with Crippen molar-refractivity contribution in [1.82, 2.24) is 0 Å². The summed E-state index contributed by atoms with van der Waals surface area (Å²) in [5.41, 5.74) is 6.73. The largest absolute Gasteiger partial charge is 0.480 e. The zero-order chi connectivity index (χ0) is 12.9. The van der Waals surface area contributed by atoms with Crippen LogP contribution in [0, 0.1) is 5.41 Å². The molecule has 0 bridgehead atoms. The highest BCUT2D eigenvalue weighted by Gasteiger charge is 2.50. The van der Waals surface area contributed by atoms with Gasteiger partial charge >= 0.3 is 11.9 Å². The molecule has 7 heteroatoms. The van der Waals surface area contributed by atoms with Crippen molar-refractivity contribution < 1.29 is 19.4 Å². The molecule has 0 aromatic carbocycles. The first-order chi connectivity index (χ1) is 8.06. The monoisotopic (exact) mass is 239 g/mol. The third kappa shape index (κ3) is 2.57. The second-order valence-electron chi connectivity index (χ2n) is 3.83. The van der Waals surface area contributed by atoms with E-state index in [1.165, 1.54) is 0 Å². The predicted molar refractivity (Wildman–Crippen MR) is 57.8 cm³/mol. The van der Waals surface area contributed by atoms with Gasteiger partial charge in [-0.3, -0.25) is 9.59 Å². The summed E-state index contributed by atoms with van der Waals surface area (Å²) in [6.45, 7) is 3.34. The average molecular weight is 239 g/mol. The van der Waals surface area contributed by atoms with Crippen LogP contribution in [0.25, 0.3) is 10.4 Å². The minimum absolute atomic E-state index is 0.251. The molecule has 7 nitrogen and oxygen atoms in total. The Balaban J connectivity index is 2.83. The van der Waals surface area contributed by atoms with Gasteiger partial charge in [0.05, 0.1) is 0 Å². The first-order valence-corrected chi connectivity index (χ1v) is 5.18. The molecule has 1 atom stereocenters. The number of hydrogen-bond acceptors (Lipinski definition) is 4. The molecule has 1 saturated carbocycles. The van der Waals surface area contributed by atoms with Crippen LogP contribution in [-0.2, 0) is 14.3 Å². The van der Waals surface area contributed by atoms with Crippen molar-refractivity contribution in [2.45, 2.75) is 31.9 Å². The Morgan fingerprint density at radius 2 is 2.12 bits per heavy atom. The number of ether oxygens (including phenoxy) is 1. The summed E-state index contributed by atoms with van der Waals surface area (Å²) in [5.74, 6) is -2.05. The van der Waals surface area contributed by atoms with Crippen LogP contribution >= 0.6 is 0 Å². The van der Waals surface area contributed by atoms with Gasteiger partial charge in [0.15, 0.2) is 11.6 Å². The van der Waals surface area contributed by atoms with E-state index in [0.717, 1.165) is 6.08 Å². The predicted octanol–water partition coefficient (Wildman–Crippen LogP) is 2.00. The second kappa shape index (κ2) is 5.36. The molecule has 1 aliphatic rings. The zero-order valence-corrected chi connectivity index (χ0v) is 9.20. The first kappa shape index (κ1) is 13.1. The number of rotatable bonds is 5. The molecular weight excluding hydrogens is 226 g/mol. The van der Waals surface area contributed by atoms with Crippen LogP contribution in [0.2, 0.25) is 0 Å². The van der Waals surface area contributed by atoms with Crippen LogP contribution in [0.15, 0.2) is 17.8 Å². The van der Waals surface area contributed by atoms with Crippen molar-refractivity contribution in [2.24, 2.45) is 10.5 Å². The molecule has 0 aromatic heterocycles. The number of carbonyl (C=O) groups is 2. The van der Waals surface area contributed by atoms with Crippen LogP contribution in [0.3, 0.4) is 0 Å². The summed E-state index contributed by atoms with van der Waals surface area (Å²) in [5, 5.41) is 12.3. The van der Waals surface area contributed by atoms with Crippen molar-refractivity contribution in [3.63, 3.8) is 0 Å². The fourth-order valence-electron chi connectivity index (χ4n) is 1.88. The minimum atomic E-state index is -1.49. The molecule has 0 heterocycles. The van der Waals surface area contributed by atoms with Gasteiger partial charge in [-0.05, 0) is 29.6 Å². The maximum absolute atomic E-state index is 11.8. The zero-order valence-electron chi connectivity index (χ0n) is 9.20. The lowest BCUT2D eigenvalue weighted by Crippen LogP contribution is -2.39. The Labute approximate surface area is 97.7 Å². The van der Waals surface area contributed by atoms with Crippen molar-refractivity contribution in [1.29, 1.82) is 0 Å². The van der Waals surface area contributed by atoms with Crippen LogP contribution in [-0.4, -0.2) is 23.3 Å². The van der Waals surface area contributed by atoms with Crippen LogP contribution in [0.5, 0.6) is 0 Å². The topological polar surface area (TPSA) is 112 Å². The van der Waals surface area contributed by atoms with E-state index in [1.54, 1.807) is 0 Å². The summed E-state index contributed by atoms with van der Waals surface area (Å²) < 4.78 is 4.83. The molecule has 0 amide bonds. The van der Waals surface area contributed by atoms with Gasteiger partial charge < -0.3 is 9.84 Å². The van der Waals surface area contributed by atoms with Gasteiger partial charge in [-0.15, -0.1) is 0 Å². The SMILES string of the molecule is C=C[C@@H](N=[N+]=[N-])OC(=O)C1(C(=O)O)CCCC1. The number of hydrogen-bond donors (Lipinski definition) is 1. The Bertz CT molecular complexity index is 381. The molecule has 0 radical (unpaired) electrons. The van der Waals surface area contributed by atoms with Gasteiger partial charge in [0, 0.05) is 4.91 Å². The molecule has 0 saturated heterocycles. The first-order valence-electron chi connectivity index (χ1n) is 5.18. The summed E-state index contributed by atoms with van der Waals surface area (Å²) >= 11 is 0. The molecule has 1 N–H and O–H groups in total. The number of carbonyl (C=O) groups excluding carboxylic acids is 1. The summed E-state index contributed by atoms with van der Waals surface area (Å²) in [6.07, 6.45) is 1.82. The molecule has 17 heavy (non-hydrogen) atoms. The van der Waals surface area contributed by atoms with E-state index in [-0.39, 0.29) is 12.8 Å². The Hall–Kier alpha value is -2.01. The molecule has 0 spiro atoms. The average Bonchev–Trinajstić information content (AvgIpc) is 2.78. The number of aliphatic carboxylic acids is 1. The van der Waals surface area contributed by atoms with E-state index < -0.39 is 23.6 Å². The molecule has 1 fully saturated rings. The molecule has 0 aromatic rings. The van der Waals surface area contributed by atoms with E-state index in [2.05, 4.69) is 16.6 Å². The molecule has 1 rings (SSSR count). The van der Waals surface area contributed by atoms with Gasteiger partial charge in [0.2, 0.25) is 0 Å². The standard InChI is InChI=1S/C10H13N3O4/c1-2-7(12-13-11)17-9(16)10(8(14)15)5-3-4-6-10/h2,7H,1,3-6H2,(H,14,15)/t7-/m0/s1.